The van der Waals surface area contributed by atoms with Gasteiger partial charge in [-0.15, -0.1) is 0 Å². The Balaban J connectivity index is 1.79. The van der Waals surface area contributed by atoms with E-state index in [9.17, 15) is 4.79 Å². The van der Waals surface area contributed by atoms with E-state index in [1.807, 2.05) is 48.2 Å². The average Bonchev–Trinajstić information content (AvgIpc) is 2.61. The number of nitrogens with zero attached hydrogens (tertiary/aromatic N) is 1. The third-order valence-electron chi connectivity index (χ3n) is 4.57. The highest BCUT2D eigenvalue weighted by molar-refractivity contribution is 5.97. The summed E-state index contributed by atoms with van der Waals surface area (Å²) >= 11 is 0. The summed E-state index contributed by atoms with van der Waals surface area (Å²) in [6, 6.07) is 16.1. The largest absolute Gasteiger partial charge is 0.481 e. The maximum absolute atomic E-state index is 12.9. The van der Waals surface area contributed by atoms with Crippen molar-refractivity contribution in [1.82, 2.24) is 0 Å². The summed E-state index contributed by atoms with van der Waals surface area (Å²) in [5, 5.41) is 0. The van der Waals surface area contributed by atoms with Crippen LogP contribution in [0.15, 0.2) is 48.5 Å². The zero-order chi connectivity index (χ0) is 17.1. The maximum Gasteiger partial charge on any atom is 0.267 e. The second kappa shape index (κ2) is 7.08. The molecule has 3 heteroatoms. The molecule has 0 unspecified atom stereocenters. The number of hydrogen-bond acceptors (Lipinski definition) is 2. The summed E-state index contributed by atoms with van der Waals surface area (Å²) in [4.78, 5) is 14.8. The van der Waals surface area contributed by atoms with Gasteiger partial charge in [-0.25, -0.2) is 0 Å². The van der Waals surface area contributed by atoms with Crippen molar-refractivity contribution in [2.45, 2.75) is 45.6 Å². The van der Waals surface area contributed by atoms with Crippen molar-refractivity contribution in [2.75, 3.05) is 11.4 Å². The van der Waals surface area contributed by atoms with Gasteiger partial charge in [0.15, 0.2) is 6.10 Å². The van der Waals surface area contributed by atoms with Crippen molar-refractivity contribution in [2.24, 2.45) is 0 Å². The van der Waals surface area contributed by atoms with Crippen LogP contribution in [0.3, 0.4) is 0 Å². The van der Waals surface area contributed by atoms with Crippen LogP contribution >= 0.6 is 0 Å². The van der Waals surface area contributed by atoms with Gasteiger partial charge >= 0.3 is 0 Å². The summed E-state index contributed by atoms with van der Waals surface area (Å²) in [6.45, 7) is 6.87. The van der Waals surface area contributed by atoms with Crippen LogP contribution in [-0.2, 0) is 11.2 Å². The van der Waals surface area contributed by atoms with Gasteiger partial charge in [0.25, 0.3) is 5.91 Å². The van der Waals surface area contributed by atoms with Gasteiger partial charge in [0.2, 0.25) is 0 Å². The highest BCUT2D eigenvalue weighted by Crippen LogP contribution is 2.30. The summed E-state index contributed by atoms with van der Waals surface area (Å²) in [6.07, 6.45) is 1.53. The molecule has 1 heterocycles. The first-order chi connectivity index (χ1) is 11.6. The Morgan fingerprint density at radius 3 is 2.54 bits per heavy atom. The monoisotopic (exact) mass is 323 g/mol. The fourth-order valence-corrected chi connectivity index (χ4v) is 3.29. The second-order valence-corrected chi connectivity index (χ2v) is 6.67. The molecule has 3 nitrogen and oxygen atoms in total. The zero-order valence-corrected chi connectivity index (χ0v) is 14.7. The van der Waals surface area contributed by atoms with Crippen LogP contribution in [0.1, 0.15) is 44.2 Å². The highest BCUT2D eigenvalue weighted by atomic mass is 16.5. The quantitative estimate of drug-likeness (QED) is 0.825. The number of amides is 1. The molecule has 0 saturated heterocycles. The van der Waals surface area contributed by atoms with E-state index in [-0.39, 0.29) is 5.91 Å². The molecule has 2 aromatic rings. The van der Waals surface area contributed by atoms with E-state index in [4.69, 9.17) is 4.74 Å². The minimum atomic E-state index is -0.504. The fraction of sp³-hybridized carbons (Fsp3) is 0.381. The number of anilines is 1. The van der Waals surface area contributed by atoms with Crippen molar-refractivity contribution in [1.29, 1.82) is 0 Å². The van der Waals surface area contributed by atoms with Crippen LogP contribution < -0.4 is 9.64 Å². The van der Waals surface area contributed by atoms with Gasteiger partial charge in [0.1, 0.15) is 5.75 Å². The van der Waals surface area contributed by atoms with Gasteiger partial charge in [-0.1, -0.05) is 50.2 Å². The molecular formula is C21H25NO2. The third kappa shape index (κ3) is 3.30. The predicted octanol–water partition coefficient (Wildman–Crippen LogP) is 4.56. The average molecular weight is 323 g/mol. The molecule has 0 aliphatic carbocycles. The van der Waals surface area contributed by atoms with Crippen LogP contribution in [0.5, 0.6) is 5.75 Å². The van der Waals surface area contributed by atoms with E-state index in [1.165, 1.54) is 5.56 Å². The lowest BCUT2D eigenvalue weighted by molar-refractivity contribution is -0.124. The van der Waals surface area contributed by atoms with Crippen molar-refractivity contribution in [3.8, 4) is 5.75 Å². The summed E-state index contributed by atoms with van der Waals surface area (Å²) in [5.41, 5.74) is 3.41. The Morgan fingerprint density at radius 2 is 1.75 bits per heavy atom. The van der Waals surface area contributed by atoms with Crippen molar-refractivity contribution in [3.05, 3.63) is 59.7 Å². The number of rotatable bonds is 4. The van der Waals surface area contributed by atoms with Gasteiger partial charge in [-0.05, 0) is 48.9 Å². The Kier molecular flexibility index (Phi) is 4.89. The Bertz CT molecular complexity index is 723. The topological polar surface area (TPSA) is 29.5 Å². The van der Waals surface area contributed by atoms with Gasteiger partial charge < -0.3 is 9.64 Å². The predicted molar refractivity (Wildman–Crippen MR) is 97.7 cm³/mol. The van der Waals surface area contributed by atoms with Gasteiger partial charge in [0.05, 0.1) is 0 Å². The van der Waals surface area contributed by atoms with E-state index in [0.29, 0.717) is 5.92 Å². The number of carbonyl (C=O) groups excluding carboxylic acids is 1. The van der Waals surface area contributed by atoms with E-state index in [2.05, 4.69) is 26.0 Å². The number of carbonyl (C=O) groups is 1. The molecule has 0 radical (unpaired) electrons. The van der Waals surface area contributed by atoms with Crippen molar-refractivity contribution < 1.29 is 9.53 Å². The fourth-order valence-electron chi connectivity index (χ4n) is 3.29. The van der Waals surface area contributed by atoms with E-state index >= 15 is 0 Å². The van der Waals surface area contributed by atoms with Crippen molar-refractivity contribution in [3.63, 3.8) is 0 Å². The molecule has 0 fully saturated rings. The third-order valence-corrected chi connectivity index (χ3v) is 4.57. The van der Waals surface area contributed by atoms with Crippen LogP contribution in [0, 0.1) is 0 Å². The molecule has 0 aromatic heterocycles. The number of hydrogen-bond donors (Lipinski definition) is 0. The normalized spacial score (nSPS) is 15.1. The molecule has 0 bridgehead atoms. The Labute approximate surface area is 144 Å². The molecule has 0 saturated carbocycles. The zero-order valence-electron chi connectivity index (χ0n) is 14.7. The van der Waals surface area contributed by atoms with Crippen LogP contribution in [0.2, 0.25) is 0 Å². The molecule has 126 valence electrons. The van der Waals surface area contributed by atoms with Crippen molar-refractivity contribution >= 4 is 11.6 Å². The SMILES string of the molecule is CC(C)c1ccccc1O[C@H](C)C(=O)N1CCCc2ccccc21. The minimum absolute atomic E-state index is 0.0284. The lowest BCUT2D eigenvalue weighted by Crippen LogP contribution is -2.43. The Morgan fingerprint density at radius 1 is 1.04 bits per heavy atom. The van der Waals surface area contributed by atoms with Crippen LogP contribution in [-0.4, -0.2) is 18.6 Å². The molecule has 3 rings (SSSR count). The molecular weight excluding hydrogens is 298 g/mol. The lowest BCUT2D eigenvalue weighted by Gasteiger charge is -2.31. The summed E-state index contributed by atoms with van der Waals surface area (Å²) in [7, 11) is 0. The van der Waals surface area contributed by atoms with Crippen LogP contribution in [0.25, 0.3) is 0 Å². The highest BCUT2D eigenvalue weighted by Gasteiger charge is 2.27. The van der Waals surface area contributed by atoms with Gasteiger partial charge in [-0.3, -0.25) is 4.79 Å². The number of aryl methyl sites for hydroxylation is 1. The minimum Gasteiger partial charge on any atom is -0.481 e. The molecule has 0 N–H and O–H groups in total. The smallest absolute Gasteiger partial charge is 0.267 e. The number of fused-ring (bicyclic) bond motifs is 1. The summed E-state index contributed by atoms with van der Waals surface area (Å²) < 4.78 is 6.05. The first kappa shape index (κ1) is 16.6. The molecule has 1 atom stereocenters. The molecule has 1 aliphatic rings. The van der Waals surface area contributed by atoms with Gasteiger partial charge in [0, 0.05) is 12.2 Å². The van der Waals surface area contributed by atoms with E-state index in [1.54, 1.807) is 0 Å². The van der Waals surface area contributed by atoms with Crippen LogP contribution in [0.4, 0.5) is 5.69 Å². The number of ether oxygens (including phenoxy) is 1. The first-order valence-electron chi connectivity index (χ1n) is 8.73. The Hall–Kier alpha value is -2.29. The molecule has 1 amide bonds. The molecule has 0 spiro atoms. The molecule has 1 aliphatic heterocycles. The van der Waals surface area contributed by atoms with E-state index in [0.717, 1.165) is 36.4 Å². The standard InChI is InChI=1S/C21H25NO2/c1-15(2)18-11-5-7-13-20(18)24-16(3)21(23)22-14-8-10-17-9-4-6-12-19(17)22/h4-7,9,11-13,15-16H,8,10,14H2,1-3H3/t16-/m1/s1. The maximum atomic E-state index is 12.9. The van der Waals surface area contributed by atoms with E-state index < -0.39 is 6.10 Å². The number of para-hydroxylation sites is 2. The first-order valence-corrected chi connectivity index (χ1v) is 8.73. The van der Waals surface area contributed by atoms with Gasteiger partial charge in [-0.2, -0.15) is 0 Å². The molecule has 2 aromatic carbocycles. The second-order valence-electron chi connectivity index (χ2n) is 6.67. The lowest BCUT2D eigenvalue weighted by atomic mass is 10.0. The molecule has 24 heavy (non-hydrogen) atoms. The number of benzene rings is 2. The summed E-state index contributed by atoms with van der Waals surface area (Å²) in [5.74, 6) is 1.19.